The van der Waals surface area contributed by atoms with Crippen LogP contribution in [-0.4, -0.2) is 37.7 Å². The van der Waals surface area contributed by atoms with E-state index in [1.165, 1.54) is 30.1 Å². The number of aryl methyl sites for hydroxylation is 1. The summed E-state index contributed by atoms with van der Waals surface area (Å²) in [4.78, 5) is 54.6. The molecule has 0 bridgehead atoms. The van der Waals surface area contributed by atoms with E-state index >= 15 is 0 Å². The first-order chi connectivity index (χ1) is 10.8. The van der Waals surface area contributed by atoms with Gasteiger partial charge in [0.1, 0.15) is 11.3 Å². The van der Waals surface area contributed by atoms with Gasteiger partial charge in [-0.1, -0.05) is 0 Å². The number of carboxylic acid groups (broad SMARTS) is 1. The van der Waals surface area contributed by atoms with Crippen molar-refractivity contribution in [3.8, 4) is 5.75 Å². The molecule has 2 N–H and O–H groups in total. The maximum atomic E-state index is 12.1. The fraction of sp³-hybridized carbons (Fsp3) is 0.214. The first-order valence-corrected chi connectivity index (χ1v) is 6.25. The molecule has 120 valence electrons. The Balaban J connectivity index is 0.000000816. The average molecular weight is 320 g/mol. The molecule has 0 aliphatic rings. The summed E-state index contributed by atoms with van der Waals surface area (Å²) in [5.74, 6) is -2.26. The third kappa shape index (κ3) is 3.86. The lowest BCUT2D eigenvalue weighted by molar-refractivity contribution is -0.191. The quantitative estimate of drug-likeness (QED) is 0.755. The molecular formula is C14H12N2O7. The first kappa shape index (κ1) is 17.7. The average Bonchev–Trinajstić information content (AvgIpc) is 2.52. The van der Waals surface area contributed by atoms with Crippen molar-refractivity contribution in [2.24, 2.45) is 7.05 Å². The van der Waals surface area contributed by atoms with E-state index in [4.69, 9.17) is 14.7 Å². The molecule has 0 spiro atoms. The predicted octanol–water partition coefficient (Wildman–Crippen LogP) is 0.103. The summed E-state index contributed by atoms with van der Waals surface area (Å²) >= 11 is 0. The molecule has 0 saturated carbocycles. The summed E-state index contributed by atoms with van der Waals surface area (Å²) < 4.78 is 1.20. The van der Waals surface area contributed by atoms with Crippen molar-refractivity contribution in [3.05, 3.63) is 34.4 Å². The maximum absolute atomic E-state index is 12.1. The van der Waals surface area contributed by atoms with Crippen LogP contribution in [0.25, 0.3) is 10.9 Å². The predicted molar refractivity (Wildman–Crippen MR) is 74.9 cm³/mol. The van der Waals surface area contributed by atoms with E-state index in [0.717, 1.165) is 0 Å². The summed E-state index contributed by atoms with van der Waals surface area (Å²) in [6, 6.07) is 1.48. The van der Waals surface area contributed by atoms with E-state index in [2.05, 4.69) is 4.98 Å². The SMILES string of the molecule is Cn1c(=O)c(C(=O)CCC(=O)O)c(O)c2ccncc21.O=C=O. The summed E-state index contributed by atoms with van der Waals surface area (Å²) in [6.07, 6.45) is 2.35. The minimum absolute atomic E-state index is 0.250. The Kier molecular flexibility index (Phi) is 5.88. The Bertz CT molecular complexity index is 848. The van der Waals surface area contributed by atoms with Crippen molar-refractivity contribution < 1.29 is 29.4 Å². The number of carbonyl (C=O) groups is 2. The highest BCUT2D eigenvalue weighted by molar-refractivity contribution is 6.04. The number of pyridine rings is 2. The van der Waals surface area contributed by atoms with Crippen LogP contribution in [0.3, 0.4) is 0 Å². The van der Waals surface area contributed by atoms with E-state index in [1.54, 1.807) is 0 Å². The van der Waals surface area contributed by atoms with Gasteiger partial charge >= 0.3 is 12.1 Å². The van der Waals surface area contributed by atoms with Crippen molar-refractivity contribution in [2.45, 2.75) is 12.8 Å². The Morgan fingerprint density at radius 3 is 2.48 bits per heavy atom. The van der Waals surface area contributed by atoms with Crippen molar-refractivity contribution in [2.75, 3.05) is 0 Å². The van der Waals surface area contributed by atoms with Gasteiger partial charge in [-0.2, -0.15) is 9.59 Å². The number of nitrogens with zero attached hydrogens (tertiary/aromatic N) is 2. The van der Waals surface area contributed by atoms with E-state index in [9.17, 15) is 19.5 Å². The summed E-state index contributed by atoms with van der Waals surface area (Å²) in [5, 5.41) is 19.0. The van der Waals surface area contributed by atoms with E-state index < -0.39 is 29.5 Å². The van der Waals surface area contributed by atoms with Crippen LogP contribution in [0.15, 0.2) is 23.3 Å². The van der Waals surface area contributed by atoms with Gasteiger partial charge in [-0.05, 0) is 6.07 Å². The monoisotopic (exact) mass is 320 g/mol. The van der Waals surface area contributed by atoms with Gasteiger partial charge in [-0.15, -0.1) is 0 Å². The molecule has 9 nitrogen and oxygen atoms in total. The fourth-order valence-electron chi connectivity index (χ4n) is 1.96. The van der Waals surface area contributed by atoms with Crippen LogP contribution < -0.4 is 5.56 Å². The topological polar surface area (TPSA) is 144 Å². The van der Waals surface area contributed by atoms with Gasteiger partial charge in [0.25, 0.3) is 5.56 Å². The van der Waals surface area contributed by atoms with Gasteiger partial charge in [-0.25, -0.2) is 0 Å². The Hall–Kier alpha value is -3.32. The molecule has 2 aromatic heterocycles. The molecule has 0 radical (unpaired) electrons. The normalized spacial score (nSPS) is 9.61. The van der Waals surface area contributed by atoms with Crippen LogP contribution in [-0.2, 0) is 21.4 Å². The van der Waals surface area contributed by atoms with Gasteiger partial charge in [0.05, 0.1) is 18.1 Å². The molecule has 0 amide bonds. The van der Waals surface area contributed by atoms with Crippen LogP contribution in [0.1, 0.15) is 23.2 Å². The standard InChI is InChI=1S/C13H12N2O5.CO2/c1-15-8-6-14-5-4-7(8)12(19)11(13(15)20)9(16)2-3-10(17)18;2-1-3/h4-6,19H,2-3H2,1H3,(H,17,18);. The number of hydrogen-bond acceptors (Lipinski definition) is 7. The molecule has 0 aliphatic carbocycles. The lowest BCUT2D eigenvalue weighted by Gasteiger charge is -2.10. The zero-order valence-corrected chi connectivity index (χ0v) is 12.0. The Morgan fingerprint density at radius 2 is 1.91 bits per heavy atom. The molecule has 0 fully saturated rings. The van der Waals surface area contributed by atoms with Crippen molar-refractivity contribution in [3.63, 3.8) is 0 Å². The molecule has 9 heteroatoms. The lowest BCUT2D eigenvalue weighted by atomic mass is 10.0. The molecule has 23 heavy (non-hydrogen) atoms. The Morgan fingerprint density at radius 1 is 1.30 bits per heavy atom. The molecule has 2 rings (SSSR count). The van der Waals surface area contributed by atoms with Crippen molar-refractivity contribution in [1.82, 2.24) is 9.55 Å². The Labute approximate surface area is 128 Å². The van der Waals surface area contributed by atoms with Crippen LogP contribution in [0.2, 0.25) is 0 Å². The number of fused-ring (bicyclic) bond motifs is 1. The van der Waals surface area contributed by atoms with Crippen molar-refractivity contribution >= 4 is 28.8 Å². The number of Topliss-reactive ketones (excluding diaryl/α,β-unsaturated/α-hetero) is 1. The highest BCUT2D eigenvalue weighted by atomic mass is 16.4. The third-order valence-electron chi connectivity index (χ3n) is 3.02. The minimum atomic E-state index is -1.14. The van der Waals surface area contributed by atoms with Crippen molar-refractivity contribution in [1.29, 1.82) is 0 Å². The number of rotatable bonds is 4. The minimum Gasteiger partial charge on any atom is -0.506 e. The molecule has 0 unspecified atom stereocenters. The smallest absolute Gasteiger partial charge is 0.373 e. The molecule has 2 heterocycles. The number of carbonyl (C=O) groups excluding carboxylic acids is 3. The molecule has 2 aromatic rings. The largest absolute Gasteiger partial charge is 0.506 e. The van der Waals surface area contributed by atoms with Gasteiger partial charge < -0.3 is 14.8 Å². The van der Waals surface area contributed by atoms with Crippen LogP contribution in [0, 0.1) is 0 Å². The number of ketones is 1. The highest BCUT2D eigenvalue weighted by Crippen LogP contribution is 2.26. The first-order valence-electron chi connectivity index (χ1n) is 6.25. The molecule has 0 aliphatic heterocycles. The second-order valence-electron chi connectivity index (χ2n) is 4.38. The highest BCUT2D eigenvalue weighted by Gasteiger charge is 2.21. The van der Waals surface area contributed by atoms with Gasteiger partial charge in [0.15, 0.2) is 5.78 Å². The lowest BCUT2D eigenvalue weighted by Crippen LogP contribution is -2.25. The van der Waals surface area contributed by atoms with E-state index in [-0.39, 0.29) is 18.1 Å². The zero-order valence-electron chi connectivity index (χ0n) is 12.0. The second-order valence-corrected chi connectivity index (χ2v) is 4.38. The summed E-state index contributed by atoms with van der Waals surface area (Å²) in [5.41, 5.74) is -0.657. The molecule has 0 atom stereocenters. The number of carboxylic acids is 1. The van der Waals surface area contributed by atoms with E-state index in [0.29, 0.717) is 10.9 Å². The summed E-state index contributed by atoms with van der Waals surface area (Å²) in [7, 11) is 1.46. The van der Waals surface area contributed by atoms with E-state index in [1.807, 2.05) is 0 Å². The van der Waals surface area contributed by atoms with Gasteiger partial charge in [0, 0.05) is 25.1 Å². The van der Waals surface area contributed by atoms with Crippen LogP contribution >= 0.6 is 0 Å². The van der Waals surface area contributed by atoms with Gasteiger partial charge in [-0.3, -0.25) is 19.4 Å². The molecule has 0 aromatic carbocycles. The number of hydrogen-bond donors (Lipinski definition) is 2. The zero-order chi connectivity index (χ0) is 17.6. The number of aliphatic carboxylic acids is 1. The number of aromatic hydroxyl groups is 1. The third-order valence-corrected chi connectivity index (χ3v) is 3.02. The summed E-state index contributed by atoms with van der Waals surface area (Å²) in [6.45, 7) is 0. The van der Waals surface area contributed by atoms with Gasteiger partial charge in [0.2, 0.25) is 0 Å². The van der Waals surface area contributed by atoms with Crippen LogP contribution in [0.4, 0.5) is 0 Å². The fourth-order valence-corrected chi connectivity index (χ4v) is 1.96. The maximum Gasteiger partial charge on any atom is 0.373 e. The molecular weight excluding hydrogens is 308 g/mol. The van der Waals surface area contributed by atoms with Crippen LogP contribution in [0.5, 0.6) is 5.75 Å². The second kappa shape index (κ2) is 7.62. The number of aromatic nitrogens is 2. The molecule has 0 saturated heterocycles.